The number of rotatable bonds is 7. The summed E-state index contributed by atoms with van der Waals surface area (Å²) in [4.78, 5) is 30.4. The number of aromatic nitrogens is 2. The molecule has 0 unspecified atom stereocenters. The van der Waals surface area contributed by atoms with E-state index < -0.39 is 0 Å². The number of fused-ring (bicyclic) bond motifs is 1. The lowest BCUT2D eigenvalue weighted by atomic mass is 10.2. The molecule has 2 heterocycles. The van der Waals surface area contributed by atoms with E-state index in [1.165, 1.54) is 30.0 Å². The molecular formula is C17H20N2O2S2. The van der Waals surface area contributed by atoms with Gasteiger partial charge in [0.2, 0.25) is 0 Å². The average Bonchev–Trinajstić information content (AvgIpc) is 2.93. The van der Waals surface area contributed by atoms with E-state index >= 15 is 0 Å². The maximum absolute atomic E-state index is 12.7. The van der Waals surface area contributed by atoms with Crippen LogP contribution in [0.15, 0.2) is 34.7 Å². The zero-order valence-corrected chi connectivity index (χ0v) is 15.2. The lowest BCUT2D eigenvalue weighted by Gasteiger charge is -2.08. The molecule has 0 saturated heterocycles. The zero-order chi connectivity index (χ0) is 17.0. The Balaban J connectivity index is 2.59. The summed E-state index contributed by atoms with van der Waals surface area (Å²) in [5.41, 5.74) is 1.08. The van der Waals surface area contributed by atoms with Crippen molar-refractivity contribution in [1.29, 1.82) is 0 Å². The number of Topliss-reactive ketones (excluding diaryl/α,β-unsaturated/α-hetero) is 1. The van der Waals surface area contributed by atoms with E-state index in [0.29, 0.717) is 22.8 Å². The molecule has 0 fully saturated rings. The maximum Gasteiger partial charge on any atom is 0.263 e. The van der Waals surface area contributed by atoms with Gasteiger partial charge in [-0.25, -0.2) is 4.98 Å². The summed E-state index contributed by atoms with van der Waals surface area (Å²) in [6.07, 6.45) is 4.76. The number of thioether (sulfide) groups is 1. The molecule has 0 aliphatic carbocycles. The van der Waals surface area contributed by atoms with Crippen LogP contribution in [-0.2, 0) is 11.3 Å². The molecule has 0 radical (unpaired) electrons. The third kappa shape index (κ3) is 4.00. The van der Waals surface area contributed by atoms with Gasteiger partial charge in [-0.1, -0.05) is 30.8 Å². The van der Waals surface area contributed by atoms with E-state index in [4.69, 9.17) is 0 Å². The fraction of sp³-hybridized carbons (Fsp3) is 0.353. The summed E-state index contributed by atoms with van der Waals surface area (Å²) in [6.45, 7) is 9.75. The molecule has 2 aromatic heterocycles. The Morgan fingerprint density at radius 1 is 1.48 bits per heavy atom. The third-order valence-corrected chi connectivity index (χ3v) is 5.52. The highest BCUT2D eigenvalue weighted by Gasteiger charge is 2.15. The van der Waals surface area contributed by atoms with Gasteiger partial charge in [0.1, 0.15) is 10.6 Å². The first-order chi connectivity index (χ1) is 11.0. The number of allylic oxidation sites excluding steroid dienone is 3. The van der Waals surface area contributed by atoms with Gasteiger partial charge >= 0.3 is 0 Å². The zero-order valence-electron chi connectivity index (χ0n) is 13.6. The molecule has 6 heteroatoms. The van der Waals surface area contributed by atoms with Crippen molar-refractivity contribution in [3.63, 3.8) is 0 Å². The minimum atomic E-state index is -0.0762. The molecule has 23 heavy (non-hydrogen) atoms. The van der Waals surface area contributed by atoms with Crippen molar-refractivity contribution in [2.24, 2.45) is 0 Å². The number of carbonyl (C=O) groups excluding carboxylic acids is 1. The third-order valence-electron chi connectivity index (χ3n) is 3.23. The summed E-state index contributed by atoms with van der Waals surface area (Å²) in [6, 6.07) is 1.91. The predicted molar refractivity (Wildman–Crippen MR) is 99.4 cm³/mol. The first kappa shape index (κ1) is 17.7. The van der Waals surface area contributed by atoms with Gasteiger partial charge in [-0.05, 0) is 31.9 Å². The smallest absolute Gasteiger partial charge is 0.263 e. The Hall–Kier alpha value is -1.66. The van der Waals surface area contributed by atoms with E-state index in [2.05, 4.69) is 24.6 Å². The van der Waals surface area contributed by atoms with Crippen LogP contribution >= 0.6 is 23.1 Å². The lowest BCUT2D eigenvalue weighted by molar-refractivity contribution is -0.114. The van der Waals surface area contributed by atoms with Crippen molar-refractivity contribution >= 4 is 44.7 Å². The predicted octanol–water partition coefficient (Wildman–Crippen LogP) is 4.14. The standard InChI is InChI=1S/C17H20N2O2S2/c1-5-7-11(3)14-9-13-15(23-14)18-17(22-10-12(4)20)19(8-6-2)16(13)21/h6-7,9H,2,5,8,10H2,1,3-4H3/b11-7+. The summed E-state index contributed by atoms with van der Waals surface area (Å²) in [5, 5.41) is 1.20. The molecule has 0 aliphatic rings. The minimum Gasteiger partial charge on any atom is -0.299 e. The van der Waals surface area contributed by atoms with Crippen LogP contribution in [0.2, 0.25) is 0 Å². The van der Waals surface area contributed by atoms with Crippen molar-refractivity contribution in [2.45, 2.75) is 38.9 Å². The molecular weight excluding hydrogens is 328 g/mol. The minimum absolute atomic E-state index is 0.0584. The second-order valence-electron chi connectivity index (χ2n) is 5.21. The molecule has 0 spiro atoms. The van der Waals surface area contributed by atoms with Crippen LogP contribution in [0.25, 0.3) is 15.8 Å². The van der Waals surface area contributed by atoms with Gasteiger partial charge in [0, 0.05) is 11.4 Å². The normalized spacial score (nSPS) is 11.9. The van der Waals surface area contributed by atoms with Crippen LogP contribution in [0, 0.1) is 0 Å². The van der Waals surface area contributed by atoms with Gasteiger partial charge in [0.05, 0.1) is 11.1 Å². The lowest BCUT2D eigenvalue weighted by Crippen LogP contribution is -2.22. The van der Waals surface area contributed by atoms with Gasteiger partial charge in [0.25, 0.3) is 5.56 Å². The number of nitrogens with zero attached hydrogens (tertiary/aromatic N) is 2. The molecule has 122 valence electrons. The highest BCUT2D eigenvalue weighted by atomic mass is 32.2. The molecule has 0 aromatic carbocycles. The largest absolute Gasteiger partial charge is 0.299 e. The Morgan fingerprint density at radius 3 is 2.83 bits per heavy atom. The van der Waals surface area contributed by atoms with E-state index in [9.17, 15) is 9.59 Å². The summed E-state index contributed by atoms with van der Waals surface area (Å²) < 4.78 is 1.58. The number of carbonyl (C=O) groups is 1. The molecule has 0 saturated carbocycles. The van der Waals surface area contributed by atoms with Crippen LogP contribution in [0.5, 0.6) is 0 Å². The molecule has 0 bridgehead atoms. The quantitative estimate of drug-likeness (QED) is 0.429. The van der Waals surface area contributed by atoms with E-state index in [1.807, 2.05) is 13.0 Å². The first-order valence-corrected chi connectivity index (χ1v) is 9.22. The number of thiophene rings is 1. The Bertz CT molecular complexity index is 831. The maximum atomic E-state index is 12.7. The molecule has 2 rings (SSSR count). The molecule has 0 aliphatic heterocycles. The SMILES string of the molecule is C=CCn1c(SCC(C)=O)nc2sc(/C(C)=C/CC)cc2c1=O. The fourth-order valence-corrected chi connectivity index (χ4v) is 4.04. The Kier molecular flexibility index (Phi) is 5.96. The van der Waals surface area contributed by atoms with Crippen molar-refractivity contribution in [1.82, 2.24) is 9.55 Å². The summed E-state index contributed by atoms with van der Waals surface area (Å²) >= 11 is 2.82. The Labute approximate surface area is 143 Å². The number of ketones is 1. The first-order valence-electron chi connectivity index (χ1n) is 7.42. The van der Waals surface area contributed by atoms with Crippen LogP contribution in [0.1, 0.15) is 32.1 Å². The molecule has 0 amide bonds. The molecule has 0 atom stereocenters. The molecule has 4 nitrogen and oxygen atoms in total. The van der Waals surface area contributed by atoms with Crippen molar-refractivity contribution in [3.8, 4) is 0 Å². The average molecular weight is 348 g/mol. The van der Waals surface area contributed by atoms with Crippen molar-refractivity contribution in [3.05, 3.63) is 40.0 Å². The second-order valence-corrected chi connectivity index (χ2v) is 7.19. The summed E-state index contributed by atoms with van der Waals surface area (Å²) in [5.74, 6) is 0.366. The monoisotopic (exact) mass is 348 g/mol. The van der Waals surface area contributed by atoms with Crippen LogP contribution in [-0.4, -0.2) is 21.1 Å². The van der Waals surface area contributed by atoms with Gasteiger partial charge in [-0.15, -0.1) is 17.9 Å². The van der Waals surface area contributed by atoms with E-state index in [-0.39, 0.29) is 11.3 Å². The van der Waals surface area contributed by atoms with E-state index in [0.717, 1.165) is 21.7 Å². The Morgan fingerprint density at radius 2 is 2.22 bits per heavy atom. The van der Waals surface area contributed by atoms with Crippen molar-refractivity contribution < 1.29 is 4.79 Å². The van der Waals surface area contributed by atoms with Crippen LogP contribution in [0.3, 0.4) is 0 Å². The van der Waals surface area contributed by atoms with Gasteiger partial charge in [0.15, 0.2) is 5.16 Å². The number of hydrogen-bond donors (Lipinski definition) is 0. The van der Waals surface area contributed by atoms with Crippen LogP contribution in [0.4, 0.5) is 0 Å². The highest BCUT2D eigenvalue weighted by molar-refractivity contribution is 7.99. The fourth-order valence-electron chi connectivity index (χ4n) is 2.16. The topological polar surface area (TPSA) is 52.0 Å². The van der Waals surface area contributed by atoms with Gasteiger partial charge in [-0.3, -0.25) is 14.2 Å². The molecule has 0 N–H and O–H groups in total. The van der Waals surface area contributed by atoms with Crippen molar-refractivity contribution in [2.75, 3.05) is 5.75 Å². The van der Waals surface area contributed by atoms with Gasteiger partial charge < -0.3 is 0 Å². The van der Waals surface area contributed by atoms with Crippen LogP contribution < -0.4 is 5.56 Å². The second kappa shape index (κ2) is 7.75. The number of hydrogen-bond acceptors (Lipinski definition) is 5. The molecule has 2 aromatic rings. The summed E-state index contributed by atoms with van der Waals surface area (Å²) in [7, 11) is 0. The highest BCUT2D eigenvalue weighted by Crippen LogP contribution is 2.29. The van der Waals surface area contributed by atoms with E-state index in [1.54, 1.807) is 10.6 Å². The van der Waals surface area contributed by atoms with Gasteiger partial charge in [-0.2, -0.15) is 0 Å².